The van der Waals surface area contributed by atoms with Gasteiger partial charge in [-0.25, -0.2) is 0 Å². The van der Waals surface area contributed by atoms with Gasteiger partial charge in [0.05, 0.1) is 6.42 Å². The van der Waals surface area contributed by atoms with Gasteiger partial charge in [0, 0.05) is 19.1 Å². The van der Waals surface area contributed by atoms with Gasteiger partial charge in [0.25, 0.3) is 0 Å². The maximum atomic E-state index is 11.1. The quantitative estimate of drug-likeness (QED) is 0.465. The Kier molecular flexibility index (Phi) is 5.01. The Morgan fingerprint density at radius 2 is 2.00 bits per heavy atom. The Balaban J connectivity index is 3.85. The summed E-state index contributed by atoms with van der Waals surface area (Å²) in [6.07, 6.45) is 0.234. The molecule has 0 heterocycles. The topological polar surface area (TPSA) is 46.3 Å². The van der Waals surface area contributed by atoms with Crippen molar-refractivity contribution in [3.8, 4) is 12.0 Å². The van der Waals surface area contributed by atoms with Gasteiger partial charge in [0.15, 0.2) is 0 Å². The van der Waals surface area contributed by atoms with Crippen LogP contribution in [-0.4, -0.2) is 23.9 Å². The normalized spacial score (nSPS) is 8.18. The van der Waals surface area contributed by atoms with E-state index in [1.54, 1.807) is 4.90 Å². The molecular formula is C8H14N2O. The zero-order valence-electron chi connectivity index (χ0n) is 7.05. The van der Waals surface area contributed by atoms with E-state index in [1.807, 2.05) is 13.8 Å². The van der Waals surface area contributed by atoms with Crippen LogP contribution in [-0.2, 0) is 4.79 Å². The van der Waals surface area contributed by atoms with E-state index in [0.717, 1.165) is 13.1 Å². The van der Waals surface area contributed by atoms with Crippen LogP contribution in [0.3, 0.4) is 0 Å². The SMILES string of the molecule is CCN(CC)C(=O)CC#CN. The number of carbonyl (C=O) groups excluding carboxylic acids is 1. The minimum absolute atomic E-state index is 0.0490. The Bertz CT molecular complexity index is 174. The summed E-state index contributed by atoms with van der Waals surface area (Å²) in [4.78, 5) is 12.9. The number of hydrogen-bond acceptors (Lipinski definition) is 2. The molecule has 0 bridgehead atoms. The van der Waals surface area contributed by atoms with E-state index in [1.165, 1.54) is 0 Å². The number of amides is 1. The first-order valence-electron chi connectivity index (χ1n) is 3.72. The zero-order valence-corrected chi connectivity index (χ0v) is 7.05. The number of nitrogens with two attached hydrogens (primary N) is 1. The van der Waals surface area contributed by atoms with Gasteiger partial charge in [-0.15, -0.1) is 0 Å². The molecule has 3 nitrogen and oxygen atoms in total. The molecule has 2 N–H and O–H groups in total. The maximum Gasteiger partial charge on any atom is 0.234 e. The first-order valence-corrected chi connectivity index (χ1v) is 3.72. The van der Waals surface area contributed by atoms with E-state index < -0.39 is 0 Å². The van der Waals surface area contributed by atoms with Gasteiger partial charge in [-0.1, -0.05) is 5.92 Å². The Hall–Kier alpha value is -1.17. The average molecular weight is 154 g/mol. The van der Waals surface area contributed by atoms with E-state index in [0.29, 0.717) is 0 Å². The second-order valence-electron chi connectivity index (χ2n) is 2.06. The summed E-state index contributed by atoms with van der Waals surface area (Å²) in [7, 11) is 0. The summed E-state index contributed by atoms with van der Waals surface area (Å²) in [5.74, 6) is 2.58. The molecule has 0 spiro atoms. The molecule has 0 aromatic rings. The molecule has 0 aromatic carbocycles. The van der Waals surface area contributed by atoms with Crippen molar-refractivity contribution in [2.75, 3.05) is 13.1 Å². The van der Waals surface area contributed by atoms with Crippen molar-refractivity contribution in [3.63, 3.8) is 0 Å². The monoisotopic (exact) mass is 154 g/mol. The van der Waals surface area contributed by atoms with E-state index in [-0.39, 0.29) is 12.3 Å². The molecule has 0 unspecified atom stereocenters. The summed E-state index contributed by atoms with van der Waals surface area (Å²) in [5.41, 5.74) is 4.93. The molecule has 0 aliphatic heterocycles. The van der Waals surface area contributed by atoms with Crippen molar-refractivity contribution < 1.29 is 4.79 Å². The highest BCUT2D eigenvalue weighted by Gasteiger charge is 2.05. The summed E-state index contributed by atoms with van der Waals surface area (Å²) in [5, 5.41) is 0. The van der Waals surface area contributed by atoms with E-state index in [2.05, 4.69) is 12.0 Å². The summed E-state index contributed by atoms with van der Waals surface area (Å²) < 4.78 is 0. The van der Waals surface area contributed by atoms with Gasteiger partial charge < -0.3 is 10.6 Å². The molecule has 0 radical (unpaired) electrons. The first kappa shape index (κ1) is 9.83. The van der Waals surface area contributed by atoms with Crippen LogP contribution in [0.2, 0.25) is 0 Å². The predicted octanol–water partition coefficient (Wildman–Crippen LogP) is 0.164. The maximum absolute atomic E-state index is 11.1. The molecule has 0 saturated carbocycles. The van der Waals surface area contributed by atoms with Crippen molar-refractivity contribution >= 4 is 5.91 Å². The fraction of sp³-hybridized carbons (Fsp3) is 0.625. The molecule has 0 aliphatic carbocycles. The highest BCUT2D eigenvalue weighted by atomic mass is 16.2. The molecule has 0 fully saturated rings. The second kappa shape index (κ2) is 5.60. The second-order valence-corrected chi connectivity index (χ2v) is 2.06. The standard InChI is InChI=1S/C8H14N2O/c1-3-10(4-2)8(11)6-5-7-9/h3-4,6,9H2,1-2H3. The highest BCUT2D eigenvalue weighted by Crippen LogP contribution is 1.91. The van der Waals surface area contributed by atoms with E-state index >= 15 is 0 Å². The number of hydrogen-bond donors (Lipinski definition) is 1. The lowest BCUT2D eigenvalue weighted by Gasteiger charge is -2.16. The summed E-state index contributed by atoms with van der Waals surface area (Å²) in [6, 6.07) is 2.20. The van der Waals surface area contributed by atoms with Gasteiger partial charge in [-0.3, -0.25) is 4.79 Å². The van der Waals surface area contributed by atoms with Crippen molar-refractivity contribution in [2.24, 2.45) is 5.73 Å². The molecule has 1 amide bonds. The van der Waals surface area contributed by atoms with Crippen molar-refractivity contribution in [2.45, 2.75) is 20.3 Å². The minimum atomic E-state index is 0.0490. The van der Waals surface area contributed by atoms with Crippen molar-refractivity contribution in [3.05, 3.63) is 0 Å². The molecule has 0 atom stereocenters. The van der Waals surface area contributed by atoms with Gasteiger partial charge in [-0.05, 0) is 13.8 Å². The van der Waals surface area contributed by atoms with Gasteiger partial charge in [0.1, 0.15) is 0 Å². The third kappa shape index (κ3) is 3.51. The van der Waals surface area contributed by atoms with Gasteiger partial charge in [0.2, 0.25) is 5.91 Å². The summed E-state index contributed by atoms with van der Waals surface area (Å²) >= 11 is 0. The first-order chi connectivity index (χ1) is 5.26. The van der Waals surface area contributed by atoms with Crippen LogP contribution in [0.1, 0.15) is 20.3 Å². The fourth-order valence-electron chi connectivity index (χ4n) is 0.815. The lowest BCUT2D eigenvalue weighted by molar-refractivity contribution is -0.129. The Morgan fingerprint density at radius 3 is 2.36 bits per heavy atom. The van der Waals surface area contributed by atoms with Gasteiger partial charge >= 0.3 is 0 Å². The highest BCUT2D eigenvalue weighted by molar-refractivity contribution is 5.78. The lowest BCUT2D eigenvalue weighted by atomic mass is 10.3. The van der Waals surface area contributed by atoms with Crippen LogP contribution in [0, 0.1) is 12.0 Å². The number of nitrogens with zero attached hydrogens (tertiary/aromatic N) is 1. The summed E-state index contributed by atoms with van der Waals surface area (Å²) in [6.45, 7) is 5.36. The zero-order chi connectivity index (χ0) is 8.69. The third-order valence-corrected chi connectivity index (χ3v) is 1.46. The Labute approximate surface area is 67.6 Å². The molecule has 3 heteroatoms. The average Bonchev–Trinajstić information content (AvgIpc) is 2.03. The van der Waals surface area contributed by atoms with Crippen LogP contribution in [0.5, 0.6) is 0 Å². The van der Waals surface area contributed by atoms with Crippen molar-refractivity contribution in [1.29, 1.82) is 0 Å². The molecule has 11 heavy (non-hydrogen) atoms. The molecule has 0 aliphatic rings. The molecule has 0 aromatic heterocycles. The van der Waals surface area contributed by atoms with Crippen LogP contribution < -0.4 is 5.73 Å². The predicted molar refractivity (Wildman–Crippen MR) is 44.5 cm³/mol. The van der Waals surface area contributed by atoms with Crippen LogP contribution in [0.4, 0.5) is 0 Å². The van der Waals surface area contributed by atoms with Crippen molar-refractivity contribution in [1.82, 2.24) is 4.90 Å². The Morgan fingerprint density at radius 1 is 1.45 bits per heavy atom. The number of rotatable bonds is 3. The number of carbonyl (C=O) groups is 1. The van der Waals surface area contributed by atoms with E-state index in [4.69, 9.17) is 5.73 Å². The largest absolute Gasteiger partial charge is 0.359 e. The van der Waals surface area contributed by atoms with E-state index in [9.17, 15) is 4.79 Å². The van der Waals surface area contributed by atoms with Gasteiger partial charge in [-0.2, -0.15) is 0 Å². The fourth-order valence-corrected chi connectivity index (χ4v) is 0.815. The molecule has 62 valence electrons. The van der Waals surface area contributed by atoms with Crippen LogP contribution >= 0.6 is 0 Å². The smallest absolute Gasteiger partial charge is 0.234 e. The molecule has 0 rings (SSSR count). The third-order valence-electron chi connectivity index (χ3n) is 1.46. The molecule has 0 saturated heterocycles. The molecular weight excluding hydrogens is 140 g/mol. The van der Waals surface area contributed by atoms with Crippen LogP contribution in [0.15, 0.2) is 0 Å². The minimum Gasteiger partial charge on any atom is -0.359 e. The lowest BCUT2D eigenvalue weighted by Crippen LogP contribution is -2.29. The van der Waals surface area contributed by atoms with Crippen LogP contribution in [0.25, 0.3) is 0 Å².